The van der Waals surface area contributed by atoms with Gasteiger partial charge in [-0.2, -0.15) is 0 Å². The third kappa shape index (κ3) is 6.43. The molecule has 0 heterocycles. The highest BCUT2D eigenvalue weighted by molar-refractivity contribution is 9.11. The zero-order valence-electron chi connectivity index (χ0n) is 13.4. The van der Waals surface area contributed by atoms with Gasteiger partial charge < -0.3 is 18.9 Å². The lowest BCUT2D eigenvalue weighted by Gasteiger charge is -2.26. The Morgan fingerprint density at radius 3 is 2.13 bits per heavy atom. The Bertz CT molecular complexity index is 454. The van der Waals surface area contributed by atoms with Gasteiger partial charge in [-0.05, 0) is 23.9 Å². The lowest BCUT2D eigenvalue weighted by Crippen LogP contribution is -2.41. The third-order valence-electron chi connectivity index (χ3n) is 2.88. The molecule has 7 nitrogen and oxygen atoms in total. The molecule has 23 heavy (non-hydrogen) atoms. The van der Waals surface area contributed by atoms with Crippen LogP contribution in [0.5, 0.6) is 0 Å². The first-order valence-corrected chi connectivity index (χ1v) is 7.59. The van der Waals surface area contributed by atoms with Crippen LogP contribution >= 0.6 is 15.9 Å². The van der Waals surface area contributed by atoms with Crippen LogP contribution in [0.2, 0.25) is 0 Å². The van der Waals surface area contributed by atoms with Crippen molar-refractivity contribution < 1.29 is 33.3 Å². The molecule has 130 valence electrons. The van der Waals surface area contributed by atoms with E-state index in [0.29, 0.717) is 4.48 Å². The maximum atomic E-state index is 12.1. The average Bonchev–Trinajstić information content (AvgIpc) is 2.52. The SMILES string of the molecule is C=CCC(C/C(Br)=C/COC(=O)OCC)(C(=O)OC)C(=O)OC. The first kappa shape index (κ1) is 21.2. The fraction of sp³-hybridized carbons (Fsp3) is 0.533. The molecule has 0 rings (SSSR count). The average molecular weight is 393 g/mol. The van der Waals surface area contributed by atoms with Gasteiger partial charge in [0.15, 0.2) is 5.41 Å². The number of carbonyl (C=O) groups is 3. The lowest BCUT2D eigenvalue weighted by atomic mass is 9.81. The Morgan fingerprint density at radius 2 is 1.70 bits per heavy atom. The summed E-state index contributed by atoms with van der Waals surface area (Å²) < 4.78 is 19.3. The number of methoxy groups -OCH3 is 2. The normalized spacial score (nSPS) is 11.4. The Hall–Kier alpha value is -1.83. The van der Waals surface area contributed by atoms with Crippen LogP contribution in [0.1, 0.15) is 19.8 Å². The van der Waals surface area contributed by atoms with E-state index in [1.165, 1.54) is 26.4 Å². The van der Waals surface area contributed by atoms with Gasteiger partial charge in [0.2, 0.25) is 0 Å². The van der Waals surface area contributed by atoms with E-state index in [0.717, 1.165) is 0 Å². The summed E-state index contributed by atoms with van der Waals surface area (Å²) >= 11 is 3.25. The van der Waals surface area contributed by atoms with Crippen LogP contribution in [0, 0.1) is 5.41 Å². The molecule has 0 aromatic rings. The third-order valence-corrected chi connectivity index (χ3v) is 3.49. The molecule has 0 amide bonds. The van der Waals surface area contributed by atoms with Crippen molar-refractivity contribution in [3.05, 3.63) is 23.2 Å². The summed E-state index contributed by atoms with van der Waals surface area (Å²) in [5.41, 5.74) is -1.55. The summed E-state index contributed by atoms with van der Waals surface area (Å²) in [5.74, 6) is -1.47. The van der Waals surface area contributed by atoms with E-state index in [4.69, 9.17) is 14.2 Å². The molecule has 0 radical (unpaired) electrons. The smallest absolute Gasteiger partial charge is 0.468 e. The minimum atomic E-state index is -1.55. The standard InChI is InChI=1S/C15H21BrO7/c1-5-8-15(12(17)20-3,13(18)21-4)10-11(16)7-9-23-14(19)22-6-2/h5,7H,1,6,8-10H2,2-4H3/b11-7-. The predicted octanol–water partition coefficient (Wildman–Crippen LogP) is 2.74. The number of hydrogen-bond donors (Lipinski definition) is 0. The monoisotopic (exact) mass is 392 g/mol. The van der Waals surface area contributed by atoms with Gasteiger partial charge in [0, 0.05) is 6.42 Å². The van der Waals surface area contributed by atoms with Crippen LogP contribution in [-0.2, 0) is 28.5 Å². The largest absolute Gasteiger partial charge is 0.508 e. The molecule has 0 aliphatic carbocycles. The van der Waals surface area contributed by atoms with Crippen LogP contribution in [-0.4, -0.2) is 45.5 Å². The van der Waals surface area contributed by atoms with Crippen molar-refractivity contribution in [3.8, 4) is 0 Å². The Balaban J connectivity index is 5.13. The fourth-order valence-corrected chi connectivity index (χ4v) is 2.43. The highest BCUT2D eigenvalue weighted by atomic mass is 79.9. The maximum absolute atomic E-state index is 12.1. The molecular weight excluding hydrogens is 372 g/mol. The number of allylic oxidation sites excluding steroid dienone is 2. The van der Waals surface area contributed by atoms with Crippen molar-refractivity contribution in [2.24, 2.45) is 5.41 Å². The topological polar surface area (TPSA) is 88.1 Å². The highest BCUT2D eigenvalue weighted by Gasteiger charge is 2.47. The van der Waals surface area contributed by atoms with Crippen molar-refractivity contribution in [2.45, 2.75) is 19.8 Å². The molecule has 0 saturated heterocycles. The Labute approximate surface area is 143 Å². The summed E-state index contributed by atoms with van der Waals surface area (Å²) in [7, 11) is 2.37. The van der Waals surface area contributed by atoms with Gasteiger partial charge in [-0.3, -0.25) is 9.59 Å². The van der Waals surface area contributed by atoms with Crippen molar-refractivity contribution in [3.63, 3.8) is 0 Å². The van der Waals surface area contributed by atoms with E-state index in [9.17, 15) is 14.4 Å². The summed E-state index contributed by atoms with van der Waals surface area (Å²) in [6.45, 7) is 5.34. The number of hydrogen-bond acceptors (Lipinski definition) is 7. The van der Waals surface area contributed by atoms with Crippen molar-refractivity contribution in [1.29, 1.82) is 0 Å². The van der Waals surface area contributed by atoms with Gasteiger partial charge in [0.05, 0.1) is 20.8 Å². The highest BCUT2D eigenvalue weighted by Crippen LogP contribution is 2.36. The second kappa shape index (κ2) is 10.8. The molecule has 0 aliphatic rings. The Morgan fingerprint density at radius 1 is 1.13 bits per heavy atom. The van der Waals surface area contributed by atoms with E-state index in [2.05, 4.69) is 27.2 Å². The number of carbonyl (C=O) groups excluding carboxylic acids is 3. The minimum Gasteiger partial charge on any atom is -0.468 e. The molecule has 8 heteroatoms. The van der Waals surface area contributed by atoms with Gasteiger partial charge in [0.25, 0.3) is 0 Å². The van der Waals surface area contributed by atoms with E-state index in [1.807, 2.05) is 0 Å². The van der Waals surface area contributed by atoms with Crippen LogP contribution in [0.3, 0.4) is 0 Å². The van der Waals surface area contributed by atoms with E-state index in [-0.39, 0.29) is 26.1 Å². The van der Waals surface area contributed by atoms with Crippen molar-refractivity contribution in [1.82, 2.24) is 0 Å². The Kier molecular flexibility index (Phi) is 9.96. The number of ether oxygens (including phenoxy) is 4. The van der Waals surface area contributed by atoms with Gasteiger partial charge in [-0.25, -0.2) is 4.79 Å². The molecule has 0 unspecified atom stereocenters. The van der Waals surface area contributed by atoms with Crippen LogP contribution in [0.4, 0.5) is 4.79 Å². The number of halogens is 1. The molecule has 0 N–H and O–H groups in total. The van der Waals surface area contributed by atoms with Crippen LogP contribution in [0.15, 0.2) is 23.2 Å². The zero-order valence-corrected chi connectivity index (χ0v) is 15.0. The van der Waals surface area contributed by atoms with Gasteiger partial charge in [-0.15, -0.1) is 6.58 Å². The number of rotatable bonds is 9. The van der Waals surface area contributed by atoms with Crippen molar-refractivity contribution in [2.75, 3.05) is 27.4 Å². The van der Waals surface area contributed by atoms with Crippen LogP contribution in [0.25, 0.3) is 0 Å². The molecule has 0 aromatic carbocycles. The fourth-order valence-electron chi connectivity index (χ4n) is 1.82. The first-order chi connectivity index (χ1) is 10.9. The second-order valence-corrected chi connectivity index (χ2v) is 5.40. The summed E-state index contributed by atoms with van der Waals surface area (Å²) in [4.78, 5) is 35.3. The number of esters is 2. The quantitative estimate of drug-likeness (QED) is 0.258. The van der Waals surface area contributed by atoms with Gasteiger partial charge in [0.1, 0.15) is 6.61 Å². The van der Waals surface area contributed by atoms with E-state index < -0.39 is 23.5 Å². The summed E-state index contributed by atoms with van der Waals surface area (Å²) in [6, 6.07) is 0. The lowest BCUT2D eigenvalue weighted by molar-refractivity contribution is -0.168. The van der Waals surface area contributed by atoms with Gasteiger partial charge in [-0.1, -0.05) is 22.0 Å². The second-order valence-electron chi connectivity index (χ2n) is 4.38. The minimum absolute atomic E-state index is 0.0233. The molecular formula is C15H21BrO7. The molecule has 0 atom stereocenters. The van der Waals surface area contributed by atoms with Crippen molar-refractivity contribution >= 4 is 34.0 Å². The summed E-state index contributed by atoms with van der Waals surface area (Å²) in [5, 5.41) is 0. The predicted molar refractivity (Wildman–Crippen MR) is 85.9 cm³/mol. The maximum Gasteiger partial charge on any atom is 0.508 e. The van der Waals surface area contributed by atoms with Gasteiger partial charge >= 0.3 is 18.1 Å². The zero-order chi connectivity index (χ0) is 17.9. The molecule has 0 fully saturated rings. The van der Waals surface area contributed by atoms with Crippen LogP contribution < -0.4 is 0 Å². The van der Waals surface area contributed by atoms with E-state index >= 15 is 0 Å². The molecule has 0 saturated carbocycles. The molecule has 0 aromatic heterocycles. The summed E-state index contributed by atoms with van der Waals surface area (Å²) in [6.07, 6.45) is 2.14. The van der Waals surface area contributed by atoms with E-state index in [1.54, 1.807) is 6.92 Å². The molecule has 0 spiro atoms. The first-order valence-electron chi connectivity index (χ1n) is 6.79. The molecule has 0 aliphatic heterocycles. The molecule has 0 bridgehead atoms.